The van der Waals surface area contributed by atoms with Crippen LogP contribution in [0.15, 0.2) is 0 Å². The minimum atomic E-state index is -5.39. The van der Waals surface area contributed by atoms with E-state index in [2.05, 4.69) is 11.2 Å². The molecule has 0 saturated heterocycles. The van der Waals surface area contributed by atoms with Gasteiger partial charge in [0.05, 0.1) is 0 Å². The molecule has 64 valence electrons. The summed E-state index contributed by atoms with van der Waals surface area (Å²) in [7, 11) is -9.72. The Bertz CT molecular complexity index is 203. The van der Waals surface area contributed by atoms with Crippen LogP contribution in [0.3, 0.4) is 0 Å². The minimum Gasteiger partial charge on any atom is -0.822 e. The summed E-state index contributed by atoms with van der Waals surface area (Å²) in [5.41, 5.74) is 0. The van der Waals surface area contributed by atoms with Gasteiger partial charge in [-0.25, -0.2) is 0 Å². The molecule has 0 aromatic carbocycles. The van der Waals surface area contributed by atoms with E-state index in [1.165, 1.54) is 0 Å². The molecule has 0 aliphatic heterocycles. The van der Waals surface area contributed by atoms with Crippen LogP contribution in [-0.2, 0) is 24.8 Å². The van der Waals surface area contributed by atoms with Crippen molar-refractivity contribution in [2.75, 3.05) is 0 Å². The van der Waals surface area contributed by atoms with Gasteiger partial charge in [0, 0.05) is 0 Å². The van der Waals surface area contributed by atoms with Crippen molar-refractivity contribution >= 4 is 28.1 Å². The Kier molecular flexibility index (Phi) is 61.8. The fraction of sp³-hybridized carbons (Fsp3) is 0. The molecule has 0 radical (unpaired) electrons. The summed E-state index contributed by atoms with van der Waals surface area (Å²) >= 11 is 3.24. The van der Waals surface area contributed by atoms with Crippen LogP contribution < -0.4 is 162 Å². The van der Waals surface area contributed by atoms with E-state index in [0.29, 0.717) is 0 Å². The molecule has 0 aromatic heterocycles. The van der Waals surface area contributed by atoms with Crippen LogP contribution in [0.2, 0.25) is 0 Å². The molecule has 0 unspecified atom stereocenters. The van der Waals surface area contributed by atoms with Crippen molar-refractivity contribution < 1.29 is 180 Å². The van der Waals surface area contributed by atoms with E-state index in [1.54, 1.807) is 0 Å². The predicted molar refractivity (Wildman–Crippen MR) is 24.7 cm³/mol. The fourth-order valence-electron chi connectivity index (χ4n) is 0. The van der Waals surface area contributed by atoms with Crippen LogP contribution in [0, 0.1) is 0 Å². The first-order valence-corrected chi connectivity index (χ1v) is 5.19. The number of phosphoric acid groups is 1. The van der Waals surface area contributed by atoms with Crippen molar-refractivity contribution in [3.05, 3.63) is 0 Å². The molecular weight excluding hydrogens is 322 g/mol. The molecule has 0 heterocycles. The van der Waals surface area contributed by atoms with E-state index in [9.17, 15) is 0 Å². The van der Waals surface area contributed by atoms with E-state index in [-0.39, 0.29) is 148 Å². The molecule has 0 bridgehead atoms. The summed E-state index contributed by atoms with van der Waals surface area (Å²) in [6, 6.07) is 0. The quantitative estimate of drug-likeness (QED) is 0.315. The van der Waals surface area contributed by atoms with Crippen molar-refractivity contribution in [1.29, 1.82) is 0 Å². The number of rotatable bonds is 0. The monoisotopic (exact) mass is 322 g/mol. The molecule has 0 spiro atoms. The van der Waals surface area contributed by atoms with Gasteiger partial charge in [0.2, 0.25) is 0 Å². The van der Waals surface area contributed by atoms with Crippen molar-refractivity contribution in [2.24, 2.45) is 0 Å². The zero-order valence-corrected chi connectivity index (χ0v) is 21.6. The molecule has 15 heteroatoms. The molecular formula is Na5O7PS2. The van der Waals surface area contributed by atoms with Gasteiger partial charge < -0.3 is 28.4 Å². The van der Waals surface area contributed by atoms with E-state index in [4.69, 9.17) is 32.6 Å². The maximum atomic E-state index is 8.89. The Labute approximate surface area is 203 Å². The van der Waals surface area contributed by atoms with Crippen LogP contribution in [0.5, 0.6) is 0 Å². The van der Waals surface area contributed by atoms with E-state index < -0.39 is 16.9 Å². The molecule has 0 atom stereocenters. The fourth-order valence-corrected chi connectivity index (χ4v) is 0. The van der Waals surface area contributed by atoms with Gasteiger partial charge in [0.1, 0.15) is 0 Å². The van der Waals surface area contributed by atoms with Gasteiger partial charge in [-0.05, 0) is 11.2 Å². The molecule has 0 saturated carbocycles. The van der Waals surface area contributed by atoms with Crippen molar-refractivity contribution in [3.8, 4) is 0 Å². The summed E-state index contributed by atoms with van der Waals surface area (Å²) in [4.78, 5) is 25.6. The predicted octanol–water partition coefficient (Wildman–Crippen LogP) is -18.8. The van der Waals surface area contributed by atoms with Crippen LogP contribution in [0.1, 0.15) is 0 Å². The Morgan fingerprint density at radius 2 is 0.867 bits per heavy atom. The molecule has 0 aliphatic rings. The average molecular weight is 322 g/mol. The maximum Gasteiger partial charge on any atom is 1.00 e. The van der Waals surface area contributed by atoms with Crippen LogP contribution in [0.25, 0.3) is 0 Å². The summed E-state index contributed by atoms with van der Waals surface area (Å²) in [5.74, 6) is 0. The largest absolute Gasteiger partial charge is 1.00 e. The Hall–Kier alpha value is 5.40. The molecule has 0 aliphatic carbocycles. The standard InChI is InChI=1S/5Na.H3O4P.H2O3S2/c;;;;;2*1-5(2,3)4/h;;;;;(H3,1,2,3,4);(H2,1,2,3,4)/q5*+1;;/p-5. The molecule has 0 N–H and O–H groups in total. The first kappa shape index (κ1) is 42.8. The van der Waals surface area contributed by atoms with Gasteiger partial charge in [-0.2, -0.15) is 7.82 Å². The molecule has 0 fully saturated rings. The second-order valence-corrected chi connectivity index (χ2v) is 3.79. The normalized spacial score (nSPS) is 7.80. The third-order valence-corrected chi connectivity index (χ3v) is 0. The first-order valence-electron chi connectivity index (χ1n) is 1.40. The van der Waals surface area contributed by atoms with Crippen molar-refractivity contribution in [2.45, 2.75) is 0 Å². The van der Waals surface area contributed by atoms with Gasteiger partial charge in [0.25, 0.3) is 0 Å². The Morgan fingerprint density at radius 1 is 0.867 bits per heavy atom. The topological polar surface area (TPSA) is 149 Å². The molecule has 0 rings (SSSR count). The van der Waals surface area contributed by atoms with E-state index in [0.717, 1.165) is 0 Å². The first-order chi connectivity index (χ1) is 4.00. The van der Waals surface area contributed by atoms with Gasteiger partial charge in [-0.1, -0.05) is 0 Å². The molecule has 7 nitrogen and oxygen atoms in total. The summed E-state index contributed by atoms with van der Waals surface area (Å²) in [5, 5.41) is 0. The van der Waals surface area contributed by atoms with Gasteiger partial charge in [-0.3, -0.25) is 4.21 Å². The van der Waals surface area contributed by atoms with Gasteiger partial charge in [0.15, 0.2) is 0 Å². The Morgan fingerprint density at radius 3 is 0.867 bits per heavy atom. The minimum absolute atomic E-state index is 0. The zero-order valence-electron chi connectivity index (χ0n) is 9.12. The number of hydrogen-bond acceptors (Lipinski definition) is 8. The Balaban J connectivity index is -0.0000000128. The van der Waals surface area contributed by atoms with Crippen LogP contribution in [-0.4, -0.2) is 13.3 Å². The second kappa shape index (κ2) is 21.7. The average Bonchev–Trinajstić information content (AvgIpc) is 1.12. The van der Waals surface area contributed by atoms with Crippen LogP contribution in [0.4, 0.5) is 0 Å². The smallest absolute Gasteiger partial charge is 0.822 e. The summed E-state index contributed by atoms with van der Waals surface area (Å²) < 4.78 is 35.2. The third-order valence-electron chi connectivity index (χ3n) is 0. The van der Waals surface area contributed by atoms with Gasteiger partial charge in [-0.15, -0.1) is 9.05 Å². The van der Waals surface area contributed by atoms with Crippen molar-refractivity contribution in [1.82, 2.24) is 0 Å². The van der Waals surface area contributed by atoms with E-state index >= 15 is 0 Å². The van der Waals surface area contributed by atoms with Gasteiger partial charge >= 0.3 is 148 Å². The van der Waals surface area contributed by atoms with E-state index in [1.807, 2.05) is 0 Å². The molecule has 15 heavy (non-hydrogen) atoms. The summed E-state index contributed by atoms with van der Waals surface area (Å²) in [6.45, 7) is 0. The maximum absolute atomic E-state index is 8.89. The SMILES string of the molecule is O=P([O-])([O-])[O-].O=S([O-])([O-])=S.[Na+].[Na+].[Na+].[Na+].[Na+]. The molecule has 0 aromatic rings. The number of hydrogen-bond donors (Lipinski definition) is 0. The third kappa shape index (κ3) is 201. The van der Waals surface area contributed by atoms with Crippen LogP contribution >= 0.6 is 7.82 Å². The summed E-state index contributed by atoms with van der Waals surface area (Å²) in [6.07, 6.45) is 0. The zero-order chi connectivity index (χ0) is 9.00. The second-order valence-electron chi connectivity index (χ2n) is 0.855. The molecule has 0 amide bonds. The van der Waals surface area contributed by atoms with Crippen molar-refractivity contribution in [3.63, 3.8) is 0 Å².